The molecule has 0 aromatic heterocycles. The van der Waals surface area contributed by atoms with E-state index in [2.05, 4.69) is 0 Å². The fourth-order valence-electron chi connectivity index (χ4n) is 1.98. The Kier molecular flexibility index (Phi) is 4.22. The Balaban J connectivity index is 2.42. The first-order valence-corrected chi connectivity index (χ1v) is 6.87. The van der Waals surface area contributed by atoms with Crippen LogP contribution >= 0.6 is 11.8 Å². The molecular weight excluding hydrogens is 300 g/mol. The van der Waals surface area contributed by atoms with E-state index in [0.29, 0.717) is 5.75 Å². The van der Waals surface area contributed by atoms with Crippen molar-refractivity contribution in [3.8, 4) is 0 Å². The minimum atomic E-state index is -1.47. The number of aromatic carboxylic acids is 1. The number of amides is 2. The lowest BCUT2D eigenvalue weighted by Gasteiger charge is -2.24. The smallest absolute Gasteiger partial charge is 0.343 e. The van der Waals surface area contributed by atoms with Crippen molar-refractivity contribution in [2.75, 3.05) is 5.75 Å². The van der Waals surface area contributed by atoms with E-state index in [-0.39, 0.29) is 18.5 Å². The molecule has 0 radical (unpaired) electrons. The van der Waals surface area contributed by atoms with Crippen LogP contribution in [0.5, 0.6) is 0 Å². The summed E-state index contributed by atoms with van der Waals surface area (Å²) in [4.78, 5) is 45.7. The van der Waals surface area contributed by atoms with Gasteiger partial charge in [0.15, 0.2) is 0 Å². The van der Waals surface area contributed by atoms with E-state index >= 15 is 0 Å². The summed E-state index contributed by atoms with van der Waals surface area (Å²) in [6.07, 6.45) is 0.174. The second-order valence-corrected chi connectivity index (χ2v) is 5.26. The maximum atomic E-state index is 11.7. The van der Waals surface area contributed by atoms with Crippen LogP contribution < -0.4 is 0 Å². The number of nitrogens with zero attached hydrogens (tertiary/aromatic N) is 2. The standard InChI is InChI=1S/C12H10N2O6S/c15-9-4-5-21-12(18)13(9)6-7-2-1-3-8(14(19)20)10(7)11(16)17/h1-3H,4-6H2,(H,16,17). The molecule has 0 bridgehead atoms. The highest BCUT2D eigenvalue weighted by atomic mass is 32.2. The molecule has 8 nitrogen and oxygen atoms in total. The van der Waals surface area contributed by atoms with Gasteiger partial charge in [0.1, 0.15) is 5.56 Å². The highest BCUT2D eigenvalue weighted by Crippen LogP contribution is 2.26. The number of thioether (sulfide) groups is 1. The van der Waals surface area contributed by atoms with Crippen molar-refractivity contribution in [2.24, 2.45) is 0 Å². The number of carbonyl (C=O) groups excluding carboxylic acids is 2. The number of imide groups is 1. The first-order valence-electron chi connectivity index (χ1n) is 5.88. The third kappa shape index (κ3) is 3.02. The van der Waals surface area contributed by atoms with Gasteiger partial charge in [-0.15, -0.1) is 0 Å². The molecule has 2 rings (SSSR count). The van der Waals surface area contributed by atoms with E-state index in [0.717, 1.165) is 22.7 Å². The van der Waals surface area contributed by atoms with Gasteiger partial charge in [-0.05, 0) is 5.56 Å². The summed E-state index contributed by atoms with van der Waals surface area (Å²) in [5.41, 5.74) is -1.01. The summed E-state index contributed by atoms with van der Waals surface area (Å²) in [6, 6.07) is 3.75. The molecule has 1 aromatic carbocycles. The number of carbonyl (C=O) groups is 3. The van der Waals surface area contributed by atoms with Gasteiger partial charge in [-0.2, -0.15) is 0 Å². The van der Waals surface area contributed by atoms with Crippen molar-refractivity contribution in [1.82, 2.24) is 4.90 Å². The number of nitro groups is 1. The lowest BCUT2D eigenvalue weighted by atomic mass is 10.0. The molecule has 1 heterocycles. The van der Waals surface area contributed by atoms with Crippen molar-refractivity contribution >= 4 is 34.6 Å². The molecule has 0 spiro atoms. The highest BCUT2D eigenvalue weighted by molar-refractivity contribution is 8.13. The van der Waals surface area contributed by atoms with Crippen LogP contribution in [-0.2, 0) is 11.3 Å². The van der Waals surface area contributed by atoms with Crippen LogP contribution in [0.3, 0.4) is 0 Å². The van der Waals surface area contributed by atoms with E-state index in [4.69, 9.17) is 5.11 Å². The largest absolute Gasteiger partial charge is 0.477 e. The molecule has 0 saturated carbocycles. The number of carboxylic acid groups (broad SMARTS) is 1. The Labute approximate surface area is 122 Å². The molecule has 1 N–H and O–H groups in total. The Hall–Kier alpha value is -2.42. The van der Waals surface area contributed by atoms with E-state index in [1.165, 1.54) is 12.1 Å². The zero-order valence-electron chi connectivity index (χ0n) is 10.6. The van der Waals surface area contributed by atoms with Gasteiger partial charge in [0.2, 0.25) is 5.91 Å². The minimum absolute atomic E-state index is 0.0564. The fraction of sp³-hybridized carbons (Fsp3) is 0.250. The monoisotopic (exact) mass is 310 g/mol. The molecule has 9 heteroatoms. The molecule has 0 aliphatic carbocycles. The van der Waals surface area contributed by atoms with E-state index in [1.807, 2.05) is 0 Å². The summed E-state index contributed by atoms with van der Waals surface area (Å²) in [7, 11) is 0. The van der Waals surface area contributed by atoms with Gasteiger partial charge < -0.3 is 5.11 Å². The fourth-order valence-corrected chi connectivity index (χ4v) is 2.75. The SMILES string of the molecule is O=C(O)c1c(CN2C(=O)CCSC2=O)cccc1[N+](=O)[O-]. The predicted molar refractivity (Wildman–Crippen MR) is 73.1 cm³/mol. The highest BCUT2D eigenvalue weighted by Gasteiger charge is 2.30. The number of hydrogen-bond acceptors (Lipinski definition) is 6. The number of carboxylic acids is 1. The second-order valence-electron chi connectivity index (χ2n) is 4.22. The predicted octanol–water partition coefficient (Wildman–Crippen LogP) is 1.88. The lowest BCUT2D eigenvalue weighted by Crippen LogP contribution is -2.37. The normalized spacial score (nSPS) is 15.1. The first-order chi connectivity index (χ1) is 9.91. The van der Waals surface area contributed by atoms with Crippen LogP contribution in [0.15, 0.2) is 18.2 Å². The lowest BCUT2D eigenvalue weighted by molar-refractivity contribution is -0.385. The van der Waals surface area contributed by atoms with Crippen LogP contribution in [0.25, 0.3) is 0 Å². The Morgan fingerprint density at radius 2 is 2.14 bits per heavy atom. The summed E-state index contributed by atoms with van der Waals surface area (Å²) >= 11 is 0.959. The van der Waals surface area contributed by atoms with Crippen molar-refractivity contribution in [1.29, 1.82) is 0 Å². The van der Waals surface area contributed by atoms with Crippen LogP contribution in [-0.4, -0.2) is 37.8 Å². The van der Waals surface area contributed by atoms with Crippen LogP contribution in [0.2, 0.25) is 0 Å². The van der Waals surface area contributed by atoms with Crippen molar-refractivity contribution in [3.63, 3.8) is 0 Å². The minimum Gasteiger partial charge on any atom is -0.477 e. The van der Waals surface area contributed by atoms with E-state index in [9.17, 15) is 24.5 Å². The van der Waals surface area contributed by atoms with Gasteiger partial charge in [0.05, 0.1) is 11.5 Å². The number of rotatable bonds is 4. The third-order valence-electron chi connectivity index (χ3n) is 2.93. The molecule has 1 aromatic rings. The number of nitro benzene ring substituents is 1. The quantitative estimate of drug-likeness (QED) is 0.666. The first kappa shape index (κ1) is 15.0. The summed E-state index contributed by atoms with van der Waals surface area (Å²) in [6.45, 7) is -0.284. The molecule has 21 heavy (non-hydrogen) atoms. The summed E-state index contributed by atoms with van der Waals surface area (Å²) in [5.74, 6) is -1.50. The van der Waals surface area contributed by atoms with Gasteiger partial charge in [0, 0.05) is 18.2 Å². The van der Waals surface area contributed by atoms with Gasteiger partial charge in [0.25, 0.3) is 10.9 Å². The van der Waals surface area contributed by atoms with Crippen molar-refractivity contribution in [2.45, 2.75) is 13.0 Å². The number of hydrogen-bond donors (Lipinski definition) is 1. The van der Waals surface area contributed by atoms with Gasteiger partial charge in [-0.25, -0.2) is 4.79 Å². The maximum absolute atomic E-state index is 11.7. The molecule has 1 aliphatic heterocycles. The van der Waals surface area contributed by atoms with Crippen LogP contribution in [0.1, 0.15) is 22.3 Å². The molecule has 2 amide bonds. The average Bonchev–Trinajstić information content (AvgIpc) is 2.42. The third-order valence-corrected chi connectivity index (χ3v) is 3.81. The van der Waals surface area contributed by atoms with E-state index < -0.39 is 33.3 Å². The van der Waals surface area contributed by atoms with Crippen molar-refractivity contribution in [3.05, 3.63) is 39.4 Å². The van der Waals surface area contributed by atoms with Crippen molar-refractivity contribution < 1.29 is 24.4 Å². The molecule has 0 unspecified atom stereocenters. The molecule has 0 atom stereocenters. The van der Waals surface area contributed by atoms with Crippen LogP contribution in [0, 0.1) is 10.1 Å². The Morgan fingerprint density at radius 1 is 1.43 bits per heavy atom. The molecule has 1 aliphatic rings. The zero-order valence-corrected chi connectivity index (χ0v) is 11.5. The maximum Gasteiger partial charge on any atom is 0.343 e. The molecule has 110 valence electrons. The molecule has 1 fully saturated rings. The number of benzene rings is 1. The van der Waals surface area contributed by atoms with Crippen LogP contribution in [0.4, 0.5) is 10.5 Å². The Bertz CT molecular complexity index is 629. The Morgan fingerprint density at radius 3 is 2.71 bits per heavy atom. The summed E-state index contributed by atoms with van der Waals surface area (Å²) in [5, 5.41) is 19.6. The zero-order chi connectivity index (χ0) is 15.6. The molecular formula is C12H10N2O6S. The average molecular weight is 310 g/mol. The topological polar surface area (TPSA) is 118 Å². The van der Waals surface area contributed by atoms with E-state index in [1.54, 1.807) is 0 Å². The van der Waals surface area contributed by atoms with Gasteiger partial charge >= 0.3 is 5.97 Å². The van der Waals surface area contributed by atoms with Gasteiger partial charge in [-0.3, -0.25) is 24.6 Å². The second kappa shape index (κ2) is 5.92. The summed E-state index contributed by atoms with van der Waals surface area (Å²) < 4.78 is 0. The molecule has 1 saturated heterocycles. The van der Waals surface area contributed by atoms with Gasteiger partial charge in [-0.1, -0.05) is 23.9 Å².